The van der Waals surface area contributed by atoms with Gasteiger partial charge in [-0.2, -0.15) is 0 Å². The van der Waals surface area contributed by atoms with Crippen LogP contribution in [0.3, 0.4) is 0 Å². The zero-order chi connectivity index (χ0) is 14.7. The zero-order valence-electron chi connectivity index (χ0n) is 10.3. The van der Waals surface area contributed by atoms with Crippen LogP contribution in [0, 0.1) is 11.6 Å². The summed E-state index contributed by atoms with van der Waals surface area (Å²) in [6.07, 6.45) is 0. The second kappa shape index (κ2) is 6.39. The lowest BCUT2D eigenvalue weighted by Gasteiger charge is -2.13. The molecule has 0 aliphatic heterocycles. The number of hydrogen-bond donors (Lipinski definition) is 1. The van der Waals surface area contributed by atoms with Crippen molar-refractivity contribution in [1.29, 1.82) is 0 Å². The Morgan fingerprint density at radius 3 is 2.50 bits per heavy atom. The van der Waals surface area contributed by atoms with Gasteiger partial charge in [-0.1, -0.05) is 23.2 Å². The quantitative estimate of drug-likeness (QED) is 0.912. The highest BCUT2D eigenvalue weighted by molar-refractivity contribution is 6.35. The summed E-state index contributed by atoms with van der Waals surface area (Å²) in [6.45, 7) is 0.0131. The van der Waals surface area contributed by atoms with Gasteiger partial charge in [0.1, 0.15) is 24.0 Å². The second-order valence-corrected chi connectivity index (χ2v) is 4.95. The van der Waals surface area contributed by atoms with Crippen molar-refractivity contribution in [1.82, 2.24) is 0 Å². The Morgan fingerprint density at radius 2 is 1.80 bits per heavy atom. The molecule has 0 aromatic heterocycles. The minimum Gasteiger partial charge on any atom is -0.487 e. The molecule has 20 heavy (non-hydrogen) atoms. The maximum absolute atomic E-state index is 13.5. The third kappa shape index (κ3) is 3.39. The van der Waals surface area contributed by atoms with Crippen LogP contribution in [0.2, 0.25) is 10.0 Å². The highest BCUT2D eigenvalue weighted by Crippen LogP contribution is 2.33. The number of ether oxygens (including phenoxy) is 1. The number of benzene rings is 2. The van der Waals surface area contributed by atoms with E-state index >= 15 is 0 Å². The number of rotatable bonds is 4. The highest BCUT2D eigenvalue weighted by atomic mass is 35.5. The lowest BCUT2D eigenvalue weighted by molar-refractivity contribution is 0.296. The molecule has 0 aliphatic carbocycles. The smallest absolute Gasteiger partial charge is 0.142 e. The topological polar surface area (TPSA) is 35.2 Å². The standard InChI is InChI=1S/C14H11Cl2F2NO/c15-10-3-8(6-19)14(12(16)5-10)20-7-9-4-11(17)1-2-13(9)18/h1-5H,6-7,19H2. The third-order valence-corrected chi connectivity index (χ3v) is 3.18. The largest absolute Gasteiger partial charge is 0.487 e. The maximum Gasteiger partial charge on any atom is 0.142 e. The molecular formula is C14H11Cl2F2NO. The molecule has 2 N–H and O–H groups in total. The van der Waals surface area contributed by atoms with Crippen molar-refractivity contribution < 1.29 is 13.5 Å². The van der Waals surface area contributed by atoms with Gasteiger partial charge in [-0.3, -0.25) is 0 Å². The van der Waals surface area contributed by atoms with Gasteiger partial charge < -0.3 is 10.5 Å². The van der Waals surface area contributed by atoms with Crippen molar-refractivity contribution >= 4 is 23.2 Å². The maximum atomic E-state index is 13.5. The van der Waals surface area contributed by atoms with Crippen LogP contribution in [-0.2, 0) is 13.2 Å². The van der Waals surface area contributed by atoms with E-state index in [4.69, 9.17) is 33.7 Å². The predicted octanol–water partition coefficient (Wildman–Crippen LogP) is 4.31. The Labute approximate surface area is 125 Å². The van der Waals surface area contributed by atoms with E-state index in [1.807, 2.05) is 0 Å². The van der Waals surface area contributed by atoms with Crippen LogP contribution < -0.4 is 10.5 Å². The molecule has 0 bridgehead atoms. The van der Waals surface area contributed by atoms with Crippen LogP contribution in [0.5, 0.6) is 5.75 Å². The van der Waals surface area contributed by atoms with E-state index in [0.29, 0.717) is 16.3 Å². The third-order valence-electron chi connectivity index (χ3n) is 2.68. The first-order valence-corrected chi connectivity index (χ1v) is 6.51. The van der Waals surface area contributed by atoms with Crippen LogP contribution in [0.4, 0.5) is 8.78 Å². The van der Waals surface area contributed by atoms with Crippen molar-refractivity contribution in [3.63, 3.8) is 0 Å². The first kappa shape index (κ1) is 15.0. The molecule has 2 nitrogen and oxygen atoms in total. The summed E-state index contributed by atoms with van der Waals surface area (Å²) in [5.74, 6) is -0.765. The molecule has 0 spiro atoms. The van der Waals surface area contributed by atoms with Gasteiger partial charge in [0.2, 0.25) is 0 Å². The second-order valence-electron chi connectivity index (χ2n) is 4.10. The Hall–Kier alpha value is -1.36. The van der Waals surface area contributed by atoms with Crippen LogP contribution in [-0.4, -0.2) is 0 Å². The summed E-state index contributed by atoms with van der Waals surface area (Å²) in [5, 5.41) is 0.703. The Balaban J connectivity index is 2.25. The molecule has 0 heterocycles. The molecule has 0 atom stereocenters. The zero-order valence-corrected chi connectivity index (χ0v) is 11.8. The van der Waals surface area contributed by atoms with Crippen LogP contribution in [0.15, 0.2) is 30.3 Å². The van der Waals surface area contributed by atoms with E-state index in [1.165, 1.54) is 6.07 Å². The lowest BCUT2D eigenvalue weighted by atomic mass is 10.2. The van der Waals surface area contributed by atoms with Gasteiger partial charge >= 0.3 is 0 Å². The van der Waals surface area contributed by atoms with E-state index in [-0.39, 0.29) is 23.7 Å². The average molecular weight is 318 g/mol. The van der Waals surface area contributed by atoms with Gasteiger partial charge in [-0.05, 0) is 30.3 Å². The van der Waals surface area contributed by atoms with Crippen LogP contribution in [0.1, 0.15) is 11.1 Å². The van der Waals surface area contributed by atoms with Crippen molar-refractivity contribution in [2.24, 2.45) is 5.73 Å². The molecule has 2 rings (SSSR count). The molecule has 0 radical (unpaired) electrons. The predicted molar refractivity (Wildman–Crippen MR) is 75.0 cm³/mol. The molecule has 0 aliphatic rings. The molecule has 2 aromatic carbocycles. The van der Waals surface area contributed by atoms with Gasteiger partial charge in [-0.25, -0.2) is 8.78 Å². The first-order chi connectivity index (χ1) is 9.51. The molecule has 0 unspecified atom stereocenters. The summed E-state index contributed by atoms with van der Waals surface area (Å²) in [6, 6.07) is 6.27. The monoisotopic (exact) mass is 317 g/mol. The summed E-state index contributed by atoms with van der Waals surface area (Å²) in [4.78, 5) is 0. The summed E-state index contributed by atoms with van der Waals surface area (Å²) in [7, 11) is 0. The van der Waals surface area contributed by atoms with Crippen molar-refractivity contribution in [3.8, 4) is 5.75 Å². The van der Waals surface area contributed by atoms with Gasteiger partial charge in [-0.15, -0.1) is 0 Å². The molecular weight excluding hydrogens is 307 g/mol. The van der Waals surface area contributed by atoms with E-state index in [0.717, 1.165) is 18.2 Å². The fourth-order valence-corrected chi connectivity index (χ4v) is 2.32. The van der Waals surface area contributed by atoms with E-state index in [1.54, 1.807) is 6.07 Å². The molecule has 0 saturated carbocycles. The lowest BCUT2D eigenvalue weighted by Crippen LogP contribution is -2.05. The minimum absolute atomic E-state index is 0.0963. The highest BCUT2D eigenvalue weighted by Gasteiger charge is 2.11. The van der Waals surface area contributed by atoms with Gasteiger partial charge in [0.15, 0.2) is 0 Å². The SMILES string of the molecule is NCc1cc(Cl)cc(Cl)c1OCc1cc(F)ccc1F. The Morgan fingerprint density at radius 1 is 1.05 bits per heavy atom. The van der Waals surface area contributed by atoms with E-state index in [2.05, 4.69) is 0 Å². The molecule has 6 heteroatoms. The number of hydrogen-bond acceptors (Lipinski definition) is 2. The van der Waals surface area contributed by atoms with Crippen molar-refractivity contribution in [2.75, 3.05) is 0 Å². The van der Waals surface area contributed by atoms with E-state index in [9.17, 15) is 8.78 Å². The van der Waals surface area contributed by atoms with Gasteiger partial charge in [0, 0.05) is 22.7 Å². The average Bonchev–Trinajstić information content (AvgIpc) is 2.40. The van der Waals surface area contributed by atoms with Crippen molar-refractivity contribution in [2.45, 2.75) is 13.2 Å². The summed E-state index contributed by atoms with van der Waals surface area (Å²) < 4.78 is 32.0. The molecule has 2 aromatic rings. The normalized spacial score (nSPS) is 10.7. The Bertz CT molecular complexity index is 635. The number of halogens is 4. The summed E-state index contributed by atoms with van der Waals surface area (Å²) >= 11 is 11.9. The Kier molecular flexibility index (Phi) is 4.81. The fourth-order valence-electron chi connectivity index (χ4n) is 1.73. The summed E-state index contributed by atoms with van der Waals surface area (Å²) in [5.41, 5.74) is 6.27. The van der Waals surface area contributed by atoms with Crippen molar-refractivity contribution in [3.05, 3.63) is 63.1 Å². The molecule has 106 valence electrons. The molecule has 0 saturated heterocycles. The van der Waals surface area contributed by atoms with Crippen LogP contribution >= 0.6 is 23.2 Å². The van der Waals surface area contributed by atoms with Gasteiger partial charge in [0.05, 0.1) is 5.02 Å². The van der Waals surface area contributed by atoms with Crippen LogP contribution in [0.25, 0.3) is 0 Å². The molecule has 0 amide bonds. The molecule has 0 fully saturated rings. The number of nitrogens with two attached hydrogens (primary N) is 1. The van der Waals surface area contributed by atoms with Gasteiger partial charge in [0.25, 0.3) is 0 Å². The van der Waals surface area contributed by atoms with E-state index < -0.39 is 11.6 Å². The minimum atomic E-state index is -0.550. The first-order valence-electron chi connectivity index (χ1n) is 5.76. The fraction of sp³-hybridized carbons (Fsp3) is 0.143.